The highest BCUT2D eigenvalue weighted by atomic mass is 32.2. The van der Waals surface area contributed by atoms with Gasteiger partial charge in [-0.3, -0.25) is 13.9 Å². The molecule has 0 aliphatic heterocycles. The molecule has 0 heterocycles. The van der Waals surface area contributed by atoms with E-state index in [4.69, 9.17) is 9.47 Å². The molecule has 0 saturated carbocycles. The van der Waals surface area contributed by atoms with Crippen LogP contribution >= 0.6 is 0 Å². The van der Waals surface area contributed by atoms with E-state index < -0.39 is 22.5 Å². The zero-order valence-corrected chi connectivity index (χ0v) is 22.1. The van der Waals surface area contributed by atoms with E-state index in [9.17, 15) is 18.0 Å². The van der Waals surface area contributed by atoms with Gasteiger partial charge in [0, 0.05) is 0 Å². The Balaban J connectivity index is 1.50. The summed E-state index contributed by atoms with van der Waals surface area (Å²) < 4.78 is 36.3. The van der Waals surface area contributed by atoms with Crippen LogP contribution in [0, 0.1) is 0 Å². The number of ether oxygens (including phenoxy) is 2. The van der Waals surface area contributed by atoms with E-state index in [1.165, 1.54) is 13.3 Å². The number of hydrogen-bond donors (Lipinski definition) is 2. The van der Waals surface area contributed by atoms with Crippen molar-refractivity contribution in [3.8, 4) is 11.5 Å². The molecule has 38 heavy (non-hydrogen) atoms. The predicted octanol–water partition coefficient (Wildman–Crippen LogP) is 2.87. The molecule has 3 aromatic rings. The molecule has 0 aromatic heterocycles. The maximum atomic E-state index is 12.4. The lowest BCUT2D eigenvalue weighted by molar-refractivity contribution is -0.123. The Morgan fingerprint density at radius 2 is 1.63 bits per heavy atom. The first kappa shape index (κ1) is 28.2. The van der Waals surface area contributed by atoms with Crippen LogP contribution in [-0.4, -0.2) is 53.0 Å². The predicted molar refractivity (Wildman–Crippen MR) is 146 cm³/mol. The van der Waals surface area contributed by atoms with Gasteiger partial charge in [0.1, 0.15) is 18.0 Å². The third kappa shape index (κ3) is 8.34. The van der Waals surface area contributed by atoms with Crippen molar-refractivity contribution < 1.29 is 27.5 Å². The number of carbonyl (C=O) groups is 2. The molecule has 3 rings (SSSR count). The molecule has 0 bridgehead atoms. The Bertz CT molecular complexity index is 1360. The number of hydrogen-bond acceptors (Lipinski definition) is 7. The van der Waals surface area contributed by atoms with Crippen LogP contribution in [0.4, 0.5) is 5.69 Å². The molecule has 11 heteroatoms. The van der Waals surface area contributed by atoms with Crippen molar-refractivity contribution in [2.75, 3.05) is 30.8 Å². The van der Waals surface area contributed by atoms with E-state index in [0.717, 1.165) is 16.1 Å². The minimum Gasteiger partial charge on any atom is -0.495 e. The van der Waals surface area contributed by atoms with Gasteiger partial charge in [-0.25, -0.2) is 13.8 Å². The van der Waals surface area contributed by atoms with Crippen LogP contribution in [0.2, 0.25) is 0 Å². The monoisotopic (exact) mass is 538 g/mol. The maximum Gasteiger partial charge on any atom is 0.260 e. The highest BCUT2D eigenvalue weighted by Crippen LogP contribution is 2.29. The number of nitrogens with zero attached hydrogens (tertiary/aromatic N) is 2. The molecule has 0 aliphatic rings. The zero-order valence-electron chi connectivity index (χ0n) is 21.3. The standard InChI is InChI=1S/C27H30N4O6S/c1-20(22-9-5-4-6-10-22)29-27(33)19-37-23-15-13-21(14-16-23)17-28-30-26(32)18-31(38(3,34)35)24-11-7-8-12-25(24)36-2/h4-17,20H,18-19H2,1-3H3,(H,29,33)(H,30,32)/b28-17+. The smallest absolute Gasteiger partial charge is 0.260 e. The Kier molecular flexibility index (Phi) is 9.83. The summed E-state index contributed by atoms with van der Waals surface area (Å²) in [6.45, 7) is 1.29. The number of rotatable bonds is 12. The summed E-state index contributed by atoms with van der Waals surface area (Å²) in [5.74, 6) is -0.0618. The minimum absolute atomic E-state index is 0.135. The summed E-state index contributed by atoms with van der Waals surface area (Å²) in [5, 5.41) is 6.78. The lowest BCUT2D eigenvalue weighted by atomic mass is 10.1. The average molecular weight is 539 g/mol. The highest BCUT2D eigenvalue weighted by Gasteiger charge is 2.23. The summed E-state index contributed by atoms with van der Waals surface area (Å²) >= 11 is 0. The van der Waals surface area contributed by atoms with Gasteiger partial charge in [0.05, 0.1) is 31.3 Å². The number of amides is 2. The SMILES string of the molecule is COc1ccccc1N(CC(=O)N/N=C/c1ccc(OCC(=O)NC(C)c2ccccc2)cc1)S(C)(=O)=O. The number of methoxy groups -OCH3 is 1. The third-order valence-corrected chi connectivity index (χ3v) is 6.50. The zero-order chi connectivity index (χ0) is 27.5. The number of para-hydroxylation sites is 2. The van der Waals surface area contributed by atoms with Crippen LogP contribution in [-0.2, 0) is 19.6 Å². The Hall–Kier alpha value is -4.38. The van der Waals surface area contributed by atoms with Crippen LogP contribution in [0.15, 0.2) is 84.0 Å². The molecule has 0 saturated heterocycles. The molecule has 2 N–H and O–H groups in total. The second-order valence-electron chi connectivity index (χ2n) is 8.29. The molecular weight excluding hydrogens is 508 g/mol. The molecule has 0 aliphatic carbocycles. The molecule has 0 spiro atoms. The van der Waals surface area contributed by atoms with Crippen LogP contribution in [0.3, 0.4) is 0 Å². The van der Waals surface area contributed by atoms with Crippen molar-refractivity contribution in [2.45, 2.75) is 13.0 Å². The first-order valence-corrected chi connectivity index (χ1v) is 13.5. The quantitative estimate of drug-likeness (QED) is 0.270. The summed E-state index contributed by atoms with van der Waals surface area (Å²) in [6.07, 6.45) is 2.41. The van der Waals surface area contributed by atoms with Gasteiger partial charge >= 0.3 is 0 Å². The summed E-state index contributed by atoms with van der Waals surface area (Å²) in [6, 6.07) is 22.7. The first-order valence-electron chi connectivity index (χ1n) is 11.7. The molecule has 0 radical (unpaired) electrons. The number of hydrazone groups is 1. The van der Waals surface area contributed by atoms with Crippen LogP contribution in [0.25, 0.3) is 0 Å². The van der Waals surface area contributed by atoms with Gasteiger partial charge in [0.15, 0.2) is 6.61 Å². The number of anilines is 1. The van der Waals surface area contributed by atoms with Crippen molar-refractivity contribution in [3.63, 3.8) is 0 Å². The van der Waals surface area contributed by atoms with Gasteiger partial charge in [-0.1, -0.05) is 42.5 Å². The van der Waals surface area contributed by atoms with E-state index in [2.05, 4.69) is 15.8 Å². The third-order valence-electron chi connectivity index (χ3n) is 5.37. The fourth-order valence-electron chi connectivity index (χ4n) is 3.47. The molecule has 2 amide bonds. The number of carbonyl (C=O) groups excluding carboxylic acids is 2. The first-order chi connectivity index (χ1) is 18.2. The van der Waals surface area contributed by atoms with Gasteiger partial charge < -0.3 is 14.8 Å². The average Bonchev–Trinajstić information content (AvgIpc) is 2.91. The highest BCUT2D eigenvalue weighted by molar-refractivity contribution is 7.92. The van der Waals surface area contributed by atoms with Crippen LogP contribution < -0.4 is 24.5 Å². The van der Waals surface area contributed by atoms with E-state index in [1.54, 1.807) is 48.5 Å². The van der Waals surface area contributed by atoms with Gasteiger partial charge in [-0.2, -0.15) is 5.10 Å². The molecule has 10 nitrogen and oxygen atoms in total. The molecule has 3 aromatic carbocycles. The molecule has 0 fully saturated rings. The summed E-state index contributed by atoms with van der Waals surface area (Å²) in [5.41, 5.74) is 4.23. The number of benzene rings is 3. The molecule has 200 valence electrons. The Morgan fingerprint density at radius 1 is 0.974 bits per heavy atom. The fourth-order valence-corrected chi connectivity index (χ4v) is 4.33. The lowest BCUT2D eigenvalue weighted by Crippen LogP contribution is -2.39. The Morgan fingerprint density at radius 3 is 2.29 bits per heavy atom. The van der Waals surface area contributed by atoms with Crippen molar-refractivity contribution in [2.24, 2.45) is 5.10 Å². The van der Waals surface area contributed by atoms with E-state index in [1.807, 2.05) is 37.3 Å². The maximum absolute atomic E-state index is 12.4. The van der Waals surface area contributed by atoms with Crippen LogP contribution in [0.1, 0.15) is 24.1 Å². The van der Waals surface area contributed by atoms with E-state index >= 15 is 0 Å². The second kappa shape index (κ2) is 13.2. The van der Waals surface area contributed by atoms with Crippen LogP contribution in [0.5, 0.6) is 11.5 Å². The van der Waals surface area contributed by atoms with Crippen molar-refractivity contribution in [1.82, 2.24) is 10.7 Å². The van der Waals surface area contributed by atoms with Crippen molar-refractivity contribution in [1.29, 1.82) is 0 Å². The largest absolute Gasteiger partial charge is 0.495 e. The summed E-state index contributed by atoms with van der Waals surface area (Å²) in [7, 11) is -2.34. The van der Waals surface area contributed by atoms with Gasteiger partial charge in [0.25, 0.3) is 11.8 Å². The van der Waals surface area contributed by atoms with Crippen molar-refractivity contribution >= 4 is 33.7 Å². The number of sulfonamides is 1. The molecule has 1 atom stereocenters. The fraction of sp³-hybridized carbons (Fsp3) is 0.222. The van der Waals surface area contributed by atoms with Gasteiger partial charge in [-0.05, 0) is 54.4 Å². The van der Waals surface area contributed by atoms with E-state index in [-0.39, 0.29) is 24.2 Å². The molecule has 1 unspecified atom stereocenters. The normalized spacial score (nSPS) is 12.0. The van der Waals surface area contributed by atoms with E-state index in [0.29, 0.717) is 17.1 Å². The number of nitrogens with one attached hydrogen (secondary N) is 2. The summed E-state index contributed by atoms with van der Waals surface area (Å²) in [4.78, 5) is 24.6. The van der Waals surface area contributed by atoms with Gasteiger partial charge in [0.2, 0.25) is 10.0 Å². The Labute approximate surface area is 222 Å². The minimum atomic E-state index is -3.76. The second-order valence-corrected chi connectivity index (χ2v) is 10.2. The lowest BCUT2D eigenvalue weighted by Gasteiger charge is -2.23. The van der Waals surface area contributed by atoms with Crippen molar-refractivity contribution in [3.05, 3.63) is 90.0 Å². The topological polar surface area (TPSA) is 126 Å². The van der Waals surface area contributed by atoms with Gasteiger partial charge in [-0.15, -0.1) is 0 Å². The molecular formula is C27H30N4O6S.